The quantitative estimate of drug-likeness (QED) is 0.444. The van der Waals surface area contributed by atoms with E-state index in [1.54, 1.807) is 31.5 Å². The fourth-order valence-corrected chi connectivity index (χ4v) is 3.36. The van der Waals surface area contributed by atoms with Gasteiger partial charge in [0.1, 0.15) is 5.65 Å². The lowest BCUT2D eigenvalue weighted by atomic mass is 10.2. The molecule has 0 aliphatic carbocycles. The molecule has 162 valence electrons. The second-order valence-electron chi connectivity index (χ2n) is 6.91. The molecule has 0 fully saturated rings. The van der Waals surface area contributed by atoms with Crippen LogP contribution in [0.15, 0.2) is 60.9 Å². The van der Waals surface area contributed by atoms with Gasteiger partial charge in [0, 0.05) is 18.5 Å². The molecular formula is C24H23N5O3. The van der Waals surface area contributed by atoms with Crippen LogP contribution in [-0.2, 0) is 4.79 Å². The minimum absolute atomic E-state index is 0.215. The van der Waals surface area contributed by atoms with Gasteiger partial charge in [-0.3, -0.25) is 14.5 Å². The summed E-state index contributed by atoms with van der Waals surface area (Å²) in [6.45, 7) is 4.38. The summed E-state index contributed by atoms with van der Waals surface area (Å²) < 4.78 is 12.8. The highest BCUT2D eigenvalue weighted by molar-refractivity contribution is 6.01. The third-order valence-electron chi connectivity index (χ3n) is 4.75. The number of ether oxygens (including phenoxy) is 2. The summed E-state index contributed by atoms with van der Waals surface area (Å²) >= 11 is 0. The van der Waals surface area contributed by atoms with Crippen LogP contribution in [0.2, 0.25) is 0 Å². The van der Waals surface area contributed by atoms with Gasteiger partial charge in [-0.1, -0.05) is 12.1 Å². The first-order valence-corrected chi connectivity index (χ1v) is 10.2. The molecule has 8 heteroatoms. The molecule has 1 amide bonds. The zero-order valence-corrected chi connectivity index (χ0v) is 18.1. The Bertz CT molecular complexity index is 1300. The molecule has 0 atom stereocenters. The molecule has 0 bridgehead atoms. The topological polar surface area (TPSA) is 90.6 Å². The third kappa shape index (κ3) is 4.44. The highest BCUT2D eigenvalue weighted by atomic mass is 16.5. The van der Waals surface area contributed by atoms with E-state index in [4.69, 9.17) is 9.47 Å². The number of hydrogen-bond donors (Lipinski definition) is 1. The maximum Gasteiger partial charge on any atom is 0.250 e. The number of imidazole rings is 1. The largest absolute Gasteiger partial charge is 0.493 e. The number of nitrogens with zero attached hydrogens (tertiary/aromatic N) is 4. The number of aryl methyl sites for hydroxylation is 1. The molecule has 32 heavy (non-hydrogen) atoms. The monoisotopic (exact) mass is 429 g/mol. The van der Waals surface area contributed by atoms with Gasteiger partial charge in [0.25, 0.3) is 5.91 Å². The Hall–Kier alpha value is -4.20. The molecule has 8 nitrogen and oxygen atoms in total. The average molecular weight is 429 g/mol. The van der Waals surface area contributed by atoms with Crippen molar-refractivity contribution in [2.45, 2.75) is 13.8 Å². The Labute approximate surface area is 185 Å². The molecule has 0 saturated heterocycles. The summed E-state index contributed by atoms with van der Waals surface area (Å²) in [5, 5.41) is 2.71. The summed E-state index contributed by atoms with van der Waals surface area (Å²) in [5.74, 6) is 1.13. The highest BCUT2D eigenvalue weighted by Crippen LogP contribution is 2.28. The fourth-order valence-electron chi connectivity index (χ4n) is 3.36. The Morgan fingerprint density at radius 3 is 2.84 bits per heavy atom. The van der Waals surface area contributed by atoms with Crippen LogP contribution < -0.4 is 14.8 Å². The van der Waals surface area contributed by atoms with E-state index in [0.29, 0.717) is 23.8 Å². The number of rotatable bonds is 7. The molecule has 3 heterocycles. The molecule has 3 aromatic heterocycles. The first-order chi connectivity index (χ1) is 15.6. The maximum absolute atomic E-state index is 12.4. The van der Waals surface area contributed by atoms with Crippen LogP contribution in [0.3, 0.4) is 0 Å². The van der Waals surface area contributed by atoms with E-state index < -0.39 is 0 Å². The highest BCUT2D eigenvalue weighted by Gasteiger charge is 2.13. The Morgan fingerprint density at radius 2 is 2.03 bits per heavy atom. The van der Waals surface area contributed by atoms with E-state index in [2.05, 4.69) is 20.3 Å². The second-order valence-corrected chi connectivity index (χ2v) is 6.91. The van der Waals surface area contributed by atoms with Gasteiger partial charge in [-0.05, 0) is 55.8 Å². The Balaban J connectivity index is 1.51. The number of carbonyl (C=O) groups excluding carboxylic acids is 1. The molecule has 0 saturated carbocycles. The van der Waals surface area contributed by atoms with Crippen molar-refractivity contribution in [2.24, 2.45) is 0 Å². The van der Waals surface area contributed by atoms with Crippen molar-refractivity contribution in [3.05, 3.63) is 72.2 Å². The van der Waals surface area contributed by atoms with Crippen molar-refractivity contribution >= 4 is 23.6 Å². The number of amides is 1. The number of methoxy groups -OCH3 is 1. The smallest absolute Gasteiger partial charge is 0.250 e. The van der Waals surface area contributed by atoms with E-state index in [-0.39, 0.29) is 11.9 Å². The lowest BCUT2D eigenvalue weighted by Gasteiger charge is -2.09. The second kappa shape index (κ2) is 9.30. The first-order valence-electron chi connectivity index (χ1n) is 10.2. The van der Waals surface area contributed by atoms with Crippen LogP contribution in [0.4, 0.5) is 5.95 Å². The van der Waals surface area contributed by atoms with Crippen molar-refractivity contribution in [3.8, 4) is 22.9 Å². The zero-order valence-electron chi connectivity index (χ0n) is 18.1. The molecule has 0 unspecified atom stereocenters. The minimum atomic E-state index is -0.343. The van der Waals surface area contributed by atoms with Crippen molar-refractivity contribution in [2.75, 3.05) is 19.0 Å². The van der Waals surface area contributed by atoms with Crippen molar-refractivity contribution in [1.29, 1.82) is 0 Å². The predicted molar refractivity (Wildman–Crippen MR) is 123 cm³/mol. The van der Waals surface area contributed by atoms with Gasteiger partial charge in [0.2, 0.25) is 5.95 Å². The van der Waals surface area contributed by atoms with Crippen LogP contribution in [0, 0.1) is 6.92 Å². The van der Waals surface area contributed by atoms with Gasteiger partial charge < -0.3 is 9.47 Å². The van der Waals surface area contributed by atoms with Crippen molar-refractivity contribution in [1.82, 2.24) is 19.4 Å². The van der Waals surface area contributed by atoms with Gasteiger partial charge in [0.05, 0.1) is 30.8 Å². The molecule has 1 N–H and O–H groups in total. The van der Waals surface area contributed by atoms with E-state index in [0.717, 1.165) is 22.6 Å². The number of nitrogens with one attached hydrogen (secondary N) is 1. The zero-order chi connectivity index (χ0) is 22.5. The van der Waals surface area contributed by atoms with Crippen molar-refractivity contribution in [3.63, 3.8) is 0 Å². The average Bonchev–Trinajstić information content (AvgIpc) is 3.14. The number of pyridine rings is 1. The van der Waals surface area contributed by atoms with Crippen LogP contribution in [0.25, 0.3) is 23.1 Å². The van der Waals surface area contributed by atoms with Gasteiger partial charge in [0.15, 0.2) is 11.5 Å². The van der Waals surface area contributed by atoms with E-state index in [9.17, 15) is 4.79 Å². The summed E-state index contributed by atoms with van der Waals surface area (Å²) in [5.41, 5.74) is 4.01. The summed E-state index contributed by atoms with van der Waals surface area (Å²) in [7, 11) is 1.58. The van der Waals surface area contributed by atoms with Crippen LogP contribution in [0.1, 0.15) is 18.2 Å². The van der Waals surface area contributed by atoms with Gasteiger partial charge >= 0.3 is 0 Å². The Morgan fingerprint density at radius 1 is 1.16 bits per heavy atom. The normalized spacial score (nSPS) is 11.1. The molecule has 0 aliphatic heterocycles. The molecule has 0 radical (unpaired) electrons. The predicted octanol–water partition coefficient (Wildman–Crippen LogP) is 4.16. The number of anilines is 1. The summed E-state index contributed by atoms with van der Waals surface area (Å²) in [6, 6.07) is 13.1. The van der Waals surface area contributed by atoms with E-state index >= 15 is 0 Å². The van der Waals surface area contributed by atoms with Crippen LogP contribution >= 0.6 is 0 Å². The van der Waals surface area contributed by atoms with Crippen molar-refractivity contribution < 1.29 is 14.3 Å². The number of aromatic nitrogens is 4. The summed E-state index contributed by atoms with van der Waals surface area (Å²) in [6.07, 6.45) is 6.65. The molecule has 0 spiro atoms. The minimum Gasteiger partial charge on any atom is -0.493 e. The molecule has 0 aliphatic rings. The van der Waals surface area contributed by atoms with Gasteiger partial charge in [-0.2, -0.15) is 0 Å². The maximum atomic E-state index is 12.4. The van der Waals surface area contributed by atoms with Crippen LogP contribution in [0.5, 0.6) is 11.5 Å². The fraction of sp³-hybridized carbons (Fsp3) is 0.167. The van der Waals surface area contributed by atoms with Gasteiger partial charge in [-0.25, -0.2) is 15.0 Å². The Kier molecular flexibility index (Phi) is 6.12. The number of benzene rings is 1. The molecule has 4 aromatic rings. The molecule has 1 aromatic carbocycles. The SMILES string of the molecule is CCOc1ccc(/C=C/C(=O)Nc2nccc(-c3c(C)nc4ccccn34)n2)cc1OC. The molecular weight excluding hydrogens is 406 g/mol. The number of carbonyl (C=O) groups is 1. The van der Waals surface area contributed by atoms with E-state index in [1.807, 2.05) is 54.8 Å². The standard InChI is InChI=1S/C24H23N5O3/c1-4-32-19-10-8-17(15-20(19)31-3)9-11-22(30)28-24-25-13-12-18(27-24)23-16(2)26-21-7-5-6-14-29(21)23/h5-15H,4H2,1-3H3,(H,25,27,28,30)/b11-9+. The summed E-state index contributed by atoms with van der Waals surface area (Å²) in [4.78, 5) is 25.7. The van der Waals surface area contributed by atoms with E-state index in [1.165, 1.54) is 6.08 Å². The number of fused-ring (bicyclic) bond motifs is 1. The lowest BCUT2D eigenvalue weighted by molar-refractivity contribution is -0.111. The molecule has 4 rings (SSSR count). The first kappa shape index (κ1) is 21.0. The number of hydrogen-bond acceptors (Lipinski definition) is 6. The van der Waals surface area contributed by atoms with Gasteiger partial charge in [-0.15, -0.1) is 0 Å². The third-order valence-corrected chi connectivity index (χ3v) is 4.75. The lowest BCUT2D eigenvalue weighted by Crippen LogP contribution is -2.11. The van der Waals surface area contributed by atoms with Crippen LogP contribution in [-0.4, -0.2) is 39.0 Å².